The Morgan fingerprint density at radius 2 is 1.79 bits per heavy atom. The van der Waals surface area contributed by atoms with Gasteiger partial charge in [-0.2, -0.15) is 4.68 Å². The van der Waals surface area contributed by atoms with Crippen LogP contribution >= 0.6 is 0 Å². The lowest BCUT2D eigenvalue weighted by atomic mass is 10.2. The van der Waals surface area contributed by atoms with Crippen molar-refractivity contribution in [3.05, 3.63) is 65.0 Å². The minimum Gasteiger partial charge on any atom is -0.493 e. The molecule has 0 N–H and O–H groups in total. The third-order valence-corrected chi connectivity index (χ3v) is 3.30. The van der Waals surface area contributed by atoms with E-state index in [1.54, 1.807) is 36.4 Å². The van der Waals surface area contributed by atoms with Gasteiger partial charge in [0.1, 0.15) is 11.3 Å². The highest BCUT2D eigenvalue weighted by molar-refractivity contribution is 5.76. The number of nitrogens with zero attached hydrogens (tertiary/aromatic N) is 3. The first-order chi connectivity index (χ1) is 11.7. The number of benzene rings is 2. The van der Waals surface area contributed by atoms with E-state index >= 15 is 0 Å². The van der Waals surface area contributed by atoms with Gasteiger partial charge in [-0.15, -0.1) is 5.10 Å². The fourth-order valence-corrected chi connectivity index (χ4v) is 2.08. The summed E-state index contributed by atoms with van der Waals surface area (Å²) >= 11 is 0. The number of ether oxygens (including phenoxy) is 2. The van der Waals surface area contributed by atoms with Crippen molar-refractivity contribution in [1.29, 1.82) is 0 Å². The summed E-state index contributed by atoms with van der Waals surface area (Å²) in [5, 5.41) is 8.10. The Morgan fingerprint density at radius 3 is 2.62 bits per heavy atom. The number of hydrogen-bond acceptors (Lipinski definition) is 6. The smallest absolute Gasteiger partial charge is 0.311 e. The third-order valence-electron chi connectivity index (χ3n) is 3.30. The Morgan fingerprint density at radius 1 is 1.04 bits per heavy atom. The van der Waals surface area contributed by atoms with E-state index < -0.39 is 5.97 Å². The molecule has 1 heterocycles. The van der Waals surface area contributed by atoms with Crippen molar-refractivity contribution < 1.29 is 14.3 Å². The second kappa shape index (κ2) is 7.36. The molecule has 122 valence electrons. The topological polar surface area (TPSA) is 83.3 Å². The van der Waals surface area contributed by atoms with Crippen LogP contribution in [0.15, 0.2) is 59.4 Å². The number of para-hydroxylation sites is 1. The Labute approximate surface area is 137 Å². The molecule has 0 saturated heterocycles. The fourth-order valence-electron chi connectivity index (χ4n) is 2.08. The summed E-state index contributed by atoms with van der Waals surface area (Å²) in [4.78, 5) is 23.9. The van der Waals surface area contributed by atoms with Crippen LogP contribution in [0.1, 0.15) is 6.42 Å². The standard InChI is InChI=1S/C17H15N3O4/c21-16(10-11-23-13-6-2-1-3-7-13)24-12-20-17(22)14-8-4-5-9-15(14)18-19-20/h1-9H,10-12H2. The SMILES string of the molecule is O=C(CCOc1ccccc1)OCn1nnc2ccccc2c1=O. The van der Waals surface area contributed by atoms with Crippen LogP contribution in [-0.4, -0.2) is 27.6 Å². The summed E-state index contributed by atoms with van der Waals surface area (Å²) in [7, 11) is 0. The zero-order valence-electron chi connectivity index (χ0n) is 12.8. The number of fused-ring (bicyclic) bond motifs is 1. The number of rotatable bonds is 6. The monoisotopic (exact) mass is 325 g/mol. The lowest BCUT2D eigenvalue weighted by molar-refractivity contribution is -0.148. The quantitative estimate of drug-likeness (QED) is 0.642. The van der Waals surface area contributed by atoms with Crippen molar-refractivity contribution in [2.45, 2.75) is 13.2 Å². The summed E-state index contributed by atoms with van der Waals surface area (Å²) < 4.78 is 11.5. The highest BCUT2D eigenvalue weighted by Crippen LogP contribution is 2.08. The molecule has 0 saturated carbocycles. The molecule has 2 aromatic carbocycles. The average molecular weight is 325 g/mol. The van der Waals surface area contributed by atoms with E-state index in [0.29, 0.717) is 16.7 Å². The second-order valence-corrected chi connectivity index (χ2v) is 4.97. The summed E-state index contributed by atoms with van der Waals surface area (Å²) in [5.41, 5.74) is 0.148. The average Bonchev–Trinajstić information content (AvgIpc) is 2.62. The molecule has 0 atom stereocenters. The molecule has 7 nitrogen and oxygen atoms in total. The predicted molar refractivity (Wildman–Crippen MR) is 86.4 cm³/mol. The molecule has 0 unspecified atom stereocenters. The van der Waals surface area contributed by atoms with Gasteiger partial charge in [0.2, 0.25) is 0 Å². The molecule has 0 bridgehead atoms. The predicted octanol–water partition coefficient (Wildman–Crippen LogP) is 1.76. The summed E-state index contributed by atoms with van der Waals surface area (Å²) in [6.45, 7) is -0.0814. The maximum Gasteiger partial charge on any atom is 0.311 e. The van der Waals surface area contributed by atoms with Gasteiger partial charge in [-0.25, -0.2) is 0 Å². The zero-order chi connectivity index (χ0) is 16.8. The first kappa shape index (κ1) is 15.7. The molecule has 0 aliphatic rings. The zero-order valence-corrected chi connectivity index (χ0v) is 12.8. The molecule has 0 aliphatic heterocycles. The van der Waals surface area contributed by atoms with E-state index in [0.717, 1.165) is 4.68 Å². The van der Waals surface area contributed by atoms with Gasteiger partial charge in [0.15, 0.2) is 6.73 Å². The molecule has 3 aromatic rings. The van der Waals surface area contributed by atoms with Crippen molar-refractivity contribution in [3.8, 4) is 5.75 Å². The highest BCUT2D eigenvalue weighted by atomic mass is 16.5. The molecular weight excluding hydrogens is 310 g/mol. The van der Waals surface area contributed by atoms with Crippen molar-refractivity contribution in [3.63, 3.8) is 0 Å². The summed E-state index contributed by atoms with van der Waals surface area (Å²) in [6.07, 6.45) is 0.0741. The molecule has 0 radical (unpaired) electrons. The van der Waals surface area contributed by atoms with Gasteiger partial charge in [0.25, 0.3) is 5.56 Å². The lowest BCUT2D eigenvalue weighted by Crippen LogP contribution is -2.26. The van der Waals surface area contributed by atoms with Gasteiger partial charge in [-0.05, 0) is 24.3 Å². The van der Waals surface area contributed by atoms with E-state index in [1.807, 2.05) is 18.2 Å². The van der Waals surface area contributed by atoms with Crippen LogP contribution in [0.25, 0.3) is 10.9 Å². The number of hydrogen-bond donors (Lipinski definition) is 0. The van der Waals surface area contributed by atoms with E-state index in [4.69, 9.17) is 9.47 Å². The summed E-state index contributed by atoms with van der Waals surface area (Å²) in [6, 6.07) is 16.0. The maximum absolute atomic E-state index is 12.2. The highest BCUT2D eigenvalue weighted by Gasteiger charge is 2.08. The number of carbonyl (C=O) groups excluding carboxylic acids is 1. The van der Waals surface area contributed by atoms with Crippen molar-refractivity contribution in [2.24, 2.45) is 0 Å². The molecule has 24 heavy (non-hydrogen) atoms. The van der Waals surface area contributed by atoms with E-state index in [2.05, 4.69) is 10.3 Å². The van der Waals surface area contributed by atoms with Crippen LogP contribution < -0.4 is 10.3 Å². The van der Waals surface area contributed by atoms with Crippen LogP contribution in [0.4, 0.5) is 0 Å². The van der Waals surface area contributed by atoms with Crippen molar-refractivity contribution >= 4 is 16.9 Å². The van der Waals surface area contributed by atoms with E-state index in [9.17, 15) is 9.59 Å². The number of aromatic nitrogens is 3. The van der Waals surface area contributed by atoms with Gasteiger partial charge in [-0.3, -0.25) is 9.59 Å². The van der Waals surface area contributed by atoms with Gasteiger partial charge in [-0.1, -0.05) is 35.5 Å². The van der Waals surface area contributed by atoms with Crippen LogP contribution in [0.2, 0.25) is 0 Å². The molecule has 0 amide bonds. The molecular formula is C17H15N3O4. The molecule has 0 fully saturated rings. The molecule has 1 aromatic heterocycles. The van der Waals surface area contributed by atoms with Crippen molar-refractivity contribution in [2.75, 3.05) is 6.61 Å². The first-order valence-electron chi connectivity index (χ1n) is 7.40. The number of esters is 1. The number of carbonyl (C=O) groups is 1. The van der Waals surface area contributed by atoms with Gasteiger partial charge >= 0.3 is 5.97 Å². The minimum atomic E-state index is -0.479. The molecule has 0 aliphatic carbocycles. The third kappa shape index (κ3) is 3.75. The minimum absolute atomic E-state index is 0.0741. The van der Waals surface area contributed by atoms with Gasteiger partial charge in [0, 0.05) is 0 Å². The fraction of sp³-hybridized carbons (Fsp3) is 0.176. The van der Waals surface area contributed by atoms with Crippen LogP contribution in [-0.2, 0) is 16.3 Å². The molecule has 3 rings (SSSR count). The van der Waals surface area contributed by atoms with Crippen molar-refractivity contribution in [1.82, 2.24) is 15.0 Å². The van der Waals surface area contributed by atoms with Crippen LogP contribution in [0.5, 0.6) is 5.75 Å². The Bertz CT molecular complexity index is 893. The maximum atomic E-state index is 12.2. The second-order valence-electron chi connectivity index (χ2n) is 4.97. The summed E-state index contributed by atoms with van der Waals surface area (Å²) in [5.74, 6) is 0.203. The molecule has 7 heteroatoms. The van der Waals surface area contributed by atoms with Crippen LogP contribution in [0.3, 0.4) is 0 Å². The Hall–Kier alpha value is -3.22. The Kier molecular flexibility index (Phi) is 4.81. The first-order valence-corrected chi connectivity index (χ1v) is 7.40. The van der Waals surface area contributed by atoms with Gasteiger partial charge in [0.05, 0.1) is 18.4 Å². The Balaban J connectivity index is 1.53. The van der Waals surface area contributed by atoms with E-state index in [1.165, 1.54) is 0 Å². The van der Waals surface area contributed by atoms with E-state index in [-0.39, 0.29) is 25.3 Å². The largest absolute Gasteiger partial charge is 0.493 e. The lowest BCUT2D eigenvalue weighted by Gasteiger charge is -2.07. The molecule has 0 spiro atoms. The van der Waals surface area contributed by atoms with Gasteiger partial charge < -0.3 is 9.47 Å². The normalized spacial score (nSPS) is 10.5. The van der Waals surface area contributed by atoms with Crippen LogP contribution in [0, 0.1) is 0 Å².